The number of nitro benzene ring substituents is 1. The maximum absolute atomic E-state index is 13.6. The second kappa shape index (κ2) is 11.7. The number of benzene rings is 3. The van der Waals surface area contributed by atoms with Crippen LogP contribution in [0.25, 0.3) is 0 Å². The van der Waals surface area contributed by atoms with Crippen LogP contribution >= 0.6 is 0 Å². The number of non-ortho nitro benzene ring substituents is 1. The number of fused-ring (bicyclic) bond motifs is 1. The van der Waals surface area contributed by atoms with Gasteiger partial charge in [0.15, 0.2) is 5.78 Å². The first-order valence-electron chi connectivity index (χ1n) is 13.5. The molecule has 11 nitrogen and oxygen atoms in total. The van der Waals surface area contributed by atoms with Gasteiger partial charge in [-0.3, -0.25) is 29.3 Å². The number of carbonyl (C=O) groups is 5. The Morgan fingerprint density at radius 3 is 1.90 bits per heavy atom. The van der Waals surface area contributed by atoms with Crippen molar-refractivity contribution in [3.8, 4) is 5.75 Å². The van der Waals surface area contributed by atoms with Crippen LogP contribution in [0.1, 0.15) is 62.3 Å². The third-order valence-corrected chi connectivity index (χ3v) is 7.59. The number of carbonyl (C=O) groups excluding carboxylic acids is 5. The number of nitro groups is 1. The van der Waals surface area contributed by atoms with Crippen LogP contribution in [-0.4, -0.2) is 51.0 Å². The number of hydrogen-bond acceptors (Lipinski definition) is 8. The van der Waals surface area contributed by atoms with Gasteiger partial charge >= 0.3 is 5.97 Å². The number of esters is 1. The van der Waals surface area contributed by atoms with Crippen molar-refractivity contribution in [1.82, 2.24) is 10.0 Å². The Balaban J connectivity index is 1.37. The van der Waals surface area contributed by atoms with E-state index in [0.717, 1.165) is 40.6 Å². The molecule has 0 aromatic heterocycles. The van der Waals surface area contributed by atoms with Gasteiger partial charge in [0.05, 0.1) is 22.3 Å². The van der Waals surface area contributed by atoms with Gasteiger partial charge in [-0.15, -0.1) is 0 Å². The standard InChI is InChI=1S/C31H27N3O8/c1-19-6-8-22(9-7-19)31(39)42-24-16-12-20(13-17-24)27(35)18-32(28(36)21-10-14-23(15-11-21)34(40)41)33-29(37)25-4-2-3-5-26(25)30(33)38/h6-17,25-26H,2-5,18H2,1H3/t25-,26-/m1/s1. The first-order chi connectivity index (χ1) is 20.1. The number of nitrogens with zero attached hydrogens (tertiary/aromatic N) is 3. The highest BCUT2D eigenvalue weighted by Crippen LogP contribution is 2.39. The Labute approximate surface area is 240 Å². The molecule has 0 radical (unpaired) electrons. The number of imide groups is 1. The Bertz CT molecular complexity index is 1540. The lowest BCUT2D eigenvalue weighted by molar-refractivity contribution is -0.384. The minimum Gasteiger partial charge on any atom is -0.423 e. The Morgan fingerprint density at radius 1 is 0.833 bits per heavy atom. The predicted octanol–water partition coefficient (Wildman–Crippen LogP) is 4.54. The van der Waals surface area contributed by atoms with Gasteiger partial charge < -0.3 is 4.74 Å². The summed E-state index contributed by atoms with van der Waals surface area (Å²) in [6.07, 6.45) is 2.60. The fourth-order valence-corrected chi connectivity index (χ4v) is 5.28. The molecule has 2 atom stereocenters. The maximum atomic E-state index is 13.6. The molecule has 42 heavy (non-hydrogen) atoms. The third kappa shape index (κ3) is 5.67. The molecule has 0 N–H and O–H groups in total. The van der Waals surface area contributed by atoms with Crippen LogP contribution in [0.4, 0.5) is 5.69 Å². The Hall–Kier alpha value is -5.19. The summed E-state index contributed by atoms with van der Waals surface area (Å²) in [6.45, 7) is 1.27. The number of ketones is 1. The van der Waals surface area contributed by atoms with Crippen molar-refractivity contribution in [2.24, 2.45) is 11.8 Å². The van der Waals surface area contributed by atoms with Crippen molar-refractivity contribution >= 4 is 35.2 Å². The number of aryl methyl sites for hydroxylation is 1. The van der Waals surface area contributed by atoms with E-state index in [9.17, 15) is 34.1 Å². The van der Waals surface area contributed by atoms with Gasteiger partial charge in [-0.25, -0.2) is 9.80 Å². The van der Waals surface area contributed by atoms with Gasteiger partial charge in [-0.2, -0.15) is 5.01 Å². The Morgan fingerprint density at radius 2 is 1.36 bits per heavy atom. The lowest BCUT2D eigenvalue weighted by atomic mass is 9.81. The molecule has 11 heteroatoms. The average Bonchev–Trinajstić information content (AvgIpc) is 3.25. The lowest BCUT2D eigenvalue weighted by Gasteiger charge is -2.30. The molecule has 1 heterocycles. The molecule has 3 aromatic carbocycles. The molecule has 1 saturated carbocycles. The number of hydrazine groups is 1. The molecule has 0 spiro atoms. The van der Waals surface area contributed by atoms with Gasteiger partial charge in [-0.05, 0) is 68.3 Å². The number of rotatable bonds is 8. The first kappa shape index (κ1) is 28.3. The molecule has 0 unspecified atom stereocenters. The lowest BCUT2D eigenvalue weighted by Crippen LogP contribution is -2.52. The van der Waals surface area contributed by atoms with Gasteiger partial charge in [0, 0.05) is 23.3 Å². The molecule has 0 bridgehead atoms. The number of Topliss-reactive ketones (excluding diaryl/α,β-unsaturated/α-hetero) is 1. The number of ether oxygens (including phenoxy) is 1. The van der Waals surface area contributed by atoms with E-state index < -0.39 is 52.8 Å². The van der Waals surface area contributed by atoms with Crippen LogP contribution in [0, 0.1) is 28.9 Å². The van der Waals surface area contributed by atoms with E-state index in [1.54, 1.807) is 24.3 Å². The average molecular weight is 570 g/mol. The van der Waals surface area contributed by atoms with Gasteiger partial charge in [0.25, 0.3) is 23.4 Å². The largest absolute Gasteiger partial charge is 0.423 e. The minimum absolute atomic E-state index is 0.0257. The molecule has 1 saturated heterocycles. The van der Waals surface area contributed by atoms with Crippen molar-refractivity contribution in [3.05, 3.63) is 105 Å². The van der Waals surface area contributed by atoms with Gasteiger partial charge in [0.2, 0.25) is 0 Å². The molecule has 1 aliphatic heterocycles. The normalized spacial score (nSPS) is 17.9. The quantitative estimate of drug-likeness (QED) is 0.0961. The zero-order valence-electron chi connectivity index (χ0n) is 22.7. The highest BCUT2D eigenvalue weighted by molar-refractivity contribution is 6.09. The highest BCUT2D eigenvalue weighted by atomic mass is 16.6. The molecular weight excluding hydrogens is 542 g/mol. The van der Waals surface area contributed by atoms with Crippen LogP contribution in [0.2, 0.25) is 0 Å². The van der Waals surface area contributed by atoms with Gasteiger partial charge in [-0.1, -0.05) is 30.5 Å². The van der Waals surface area contributed by atoms with Gasteiger partial charge in [0.1, 0.15) is 12.3 Å². The second-order valence-corrected chi connectivity index (χ2v) is 10.4. The summed E-state index contributed by atoms with van der Waals surface area (Å²) in [6, 6.07) is 17.3. The molecular formula is C31H27N3O8. The summed E-state index contributed by atoms with van der Waals surface area (Å²) in [5, 5.41) is 12.7. The summed E-state index contributed by atoms with van der Waals surface area (Å²) in [5.74, 6) is -3.95. The van der Waals surface area contributed by atoms with Crippen LogP contribution in [-0.2, 0) is 9.59 Å². The summed E-state index contributed by atoms with van der Waals surface area (Å²) in [7, 11) is 0. The minimum atomic E-state index is -0.817. The smallest absolute Gasteiger partial charge is 0.343 e. The van der Waals surface area contributed by atoms with Crippen molar-refractivity contribution in [3.63, 3.8) is 0 Å². The van der Waals surface area contributed by atoms with Crippen molar-refractivity contribution in [2.45, 2.75) is 32.6 Å². The highest BCUT2D eigenvalue weighted by Gasteiger charge is 2.51. The van der Waals surface area contributed by atoms with Crippen molar-refractivity contribution < 1.29 is 33.6 Å². The summed E-state index contributed by atoms with van der Waals surface area (Å²) in [4.78, 5) is 76.5. The maximum Gasteiger partial charge on any atom is 0.343 e. The van der Waals surface area contributed by atoms with E-state index in [4.69, 9.17) is 4.74 Å². The molecule has 1 aliphatic carbocycles. The number of hydrogen-bond donors (Lipinski definition) is 0. The van der Waals surface area contributed by atoms with Crippen LogP contribution in [0.15, 0.2) is 72.8 Å². The fourth-order valence-electron chi connectivity index (χ4n) is 5.28. The van der Waals surface area contributed by atoms with Crippen molar-refractivity contribution in [1.29, 1.82) is 0 Å². The van der Waals surface area contributed by atoms with E-state index in [1.165, 1.54) is 36.4 Å². The second-order valence-electron chi connectivity index (χ2n) is 10.4. The predicted molar refractivity (Wildman–Crippen MR) is 148 cm³/mol. The fraction of sp³-hybridized carbons (Fsp3) is 0.258. The molecule has 3 aromatic rings. The summed E-state index contributed by atoms with van der Waals surface area (Å²) >= 11 is 0. The van der Waals surface area contributed by atoms with E-state index in [-0.39, 0.29) is 22.6 Å². The number of amides is 3. The topological polar surface area (TPSA) is 144 Å². The molecule has 2 fully saturated rings. The molecule has 5 rings (SSSR count). The van der Waals surface area contributed by atoms with E-state index >= 15 is 0 Å². The monoisotopic (exact) mass is 569 g/mol. The Kier molecular flexibility index (Phi) is 7.92. The van der Waals surface area contributed by atoms with E-state index in [1.807, 2.05) is 6.92 Å². The summed E-state index contributed by atoms with van der Waals surface area (Å²) in [5.41, 5.74) is 1.25. The van der Waals surface area contributed by atoms with E-state index in [0.29, 0.717) is 18.4 Å². The van der Waals surface area contributed by atoms with Crippen LogP contribution < -0.4 is 4.74 Å². The van der Waals surface area contributed by atoms with Crippen LogP contribution in [0.3, 0.4) is 0 Å². The van der Waals surface area contributed by atoms with Crippen LogP contribution in [0.5, 0.6) is 5.75 Å². The van der Waals surface area contributed by atoms with Crippen molar-refractivity contribution in [2.75, 3.05) is 6.54 Å². The molecule has 3 amide bonds. The summed E-state index contributed by atoms with van der Waals surface area (Å²) < 4.78 is 5.38. The SMILES string of the molecule is Cc1ccc(C(=O)Oc2ccc(C(=O)CN(C(=O)c3ccc([N+](=O)[O-])cc3)N3C(=O)[C@@H]4CCCC[C@H]4C3=O)cc2)cc1. The van der Waals surface area contributed by atoms with E-state index in [2.05, 4.69) is 0 Å². The molecule has 214 valence electrons. The molecule has 2 aliphatic rings. The zero-order chi connectivity index (χ0) is 30.0. The first-order valence-corrected chi connectivity index (χ1v) is 13.5. The zero-order valence-corrected chi connectivity index (χ0v) is 22.7. The third-order valence-electron chi connectivity index (χ3n) is 7.59.